The molecule has 0 aliphatic heterocycles. The predicted molar refractivity (Wildman–Crippen MR) is 130 cm³/mol. The van der Waals surface area contributed by atoms with Crippen molar-refractivity contribution in [1.82, 2.24) is 15.0 Å². The Morgan fingerprint density at radius 1 is 0.935 bits per heavy atom. The van der Waals surface area contributed by atoms with Crippen LogP contribution in [-0.4, -0.2) is 15.0 Å². The summed E-state index contributed by atoms with van der Waals surface area (Å²) in [5.41, 5.74) is 17.2. The minimum Gasteiger partial charge on any atom is -0.398 e. The number of pyridine rings is 1. The first-order valence-corrected chi connectivity index (χ1v) is 10.8. The fourth-order valence-electron chi connectivity index (χ4n) is 3.54. The van der Waals surface area contributed by atoms with Crippen LogP contribution in [0.15, 0.2) is 54.6 Å². The highest BCUT2D eigenvalue weighted by Crippen LogP contribution is 2.30. The summed E-state index contributed by atoms with van der Waals surface area (Å²) in [6.07, 6.45) is 4.30. The van der Waals surface area contributed by atoms with Crippen LogP contribution in [0.3, 0.4) is 0 Å². The summed E-state index contributed by atoms with van der Waals surface area (Å²) >= 11 is 6.12. The molecular formula is C24H25ClN6. The second-order valence-electron chi connectivity index (χ2n) is 7.52. The van der Waals surface area contributed by atoms with Gasteiger partial charge >= 0.3 is 0 Å². The molecule has 0 saturated carbocycles. The van der Waals surface area contributed by atoms with Gasteiger partial charge in [-0.2, -0.15) is 4.98 Å². The highest BCUT2D eigenvalue weighted by Gasteiger charge is 2.09. The number of unbranched alkanes of at least 4 members (excludes halogenated alkanes) is 2. The van der Waals surface area contributed by atoms with E-state index in [4.69, 9.17) is 28.1 Å². The second-order valence-corrected chi connectivity index (χ2v) is 7.96. The Hall–Kier alpha value is -3.38. The standard InChI is InChI=1S/C24H25ClN6/c1-2-3-4-8-17-13-23(31-24(27)29-17)28-18-9-10-21-19(12-18)20(26)14-22(30-21)15-6-5-7-16(25)11-15/h5-7,9-14H,2-4,8H2,1H3,(H2,26,30)(H3,27,28,29,31). The summed E-state index contributed by atoms with van der Waals surface area (Å²) in [5, 5.41) is 4.84. The zero-order valence-electron chi connectivity index (χ0n) is 17.4. The molecule has 6 nitrogen and oxygen atoms in total. The smallest absolute Gasteiger partial charge is 0.222 e. The third kappa shape index (κ3) is 5.03. The minimum atomic E-state index is 0.268. The van der Waals surface area contributed by atoms with Crippen molar-refractivity contribution in [3.8, 4) is 11.3 Å². The Morgan fingerprint density at radius 3 is 2.61 bits per heavy atom. The quantitative estimate of drug-likeness (QED) is 0.310. The predicted octanol–water partition coefficient (Wildman–Crippen LogP) is 5.99. The topological polar surface area (TPSA) is 103 Å². The molecule has 5 N–H and O–H groups in total. The van der Waals surface area contributed by atoms with E-state index in [-0.39, 0.29) is 5.95 Å². The van der Waals surface area contributed by atoms with E-state index in [0.29, 0.717) is 16.5 Å². The molecule has 0 aliphatic rings. The third-order valence-corrected chi connectivity index (χ3v) is 5.30. The molecule has 4 rings (SSSR count). The van der Waals surface area contributed by atoms with Crippen molar-refractivity contribution < 1.29 is 0 Å². The maximum absolute atomic E-state index is 6.36. The highest BCUT2D eigenvalue weighted by atomic mass is 35.5. The molecule has 2 aromatic carbocycles. The molecule has 0 spiro atoms. The molecule has 0 fully saturated rings. The average Bonchev–Trinajstić information content (AvgIpc) is 2.74. The first kappa shape index (κ1) is 20.9. The number of nitrogens with two attached hydrogens (primary N) is 2. The third-order valence-electron chi connectivity index (χ3n) is 5.07. The van der Waals surface area contributed by atoms with Gasteiger partial charge in [0.05, 0.1) is 11.2 Å². The molecule has 7 heteroatoms. The van der Waals surface area contributed by atoms with E-state index in [1.54, 1.807) is 0 Å². The zero-order chi connectivity index (χ0) is 21.8. The number of fused-ring (bicyclic) bond motifs is 1. The van der Waals surface area contributed by atoms with Crippen molar-refractivity contribution in [1.29, 1.82) is 0 Å². The Morgan fingerprint density at radius 2 is 1.81 bits per heavy atom. The molecule has 4 aromatic rings. The van der Waals surface area contributed by atoms with Gasteiger partial charge in [0.25, 0.3) is 0 Å². The van der Waals surface area contributed by atoms with Crippen LogP contribution in [0.25, 0.3) is 22.2 Å². The van der Waals surface area contributed by atoms with Crippen LogP contribution in [0.5, 0.6) is 0 Å². The molecule has 0 bridgehead atoms. The van der Waals surface area contributed by atoms with Crippen LogP contribution in [0.1, 0.15) is 31.9 Å². The normalized spacial score (nSPS) is 11.0. The first-order valence-electron chi connectivity index (χ1n) is 10.4. The number of hydrogen-bond donors (Lipinski definition) is 3. The average molecular weight is 433 g/mol. The number of benzene rings is 2. The van der Waals surface area contributed by atoms with E-state index in [1.165, 1.54) is 6.42 Å². The molecule has 2 aromatic heterocycles. The Bertz CT molecular complexity index is 1220. The number of halogens is 1. The SMILES string of the molecule is CCCCCc1cc(Nc2ccc3nc(-c4cccc(Cl)c4)cc(N)c3c2)nc(N)n1. The van der Waals surface area contributed by atoms with Gasteiger partial charge in [-0.3, -0.25) is 0 Å². The Labute approximate surface area is 186 Å². The van der Waals surface area contributed by atoms with Crippen LogP contribution in [0, 0.1) is 0 Å². The molecule has 2 heterocycles. The lowest BCUT2D eigenvalue weighted by atomic mass is 10.1. The lowest BCUT2D eigenvalue weighted by Gasteiger charge is -2.11. The molecule has 0 radical (unpaired) electrons. The monoisotopic (exact) mass is 432 g/mol. The first-order chi connectivity index (χ1) is 15.0. The van der Waals surface area contributed by atoms with Gasteiger partial charge in [0.1, 0.15) is 5.82 Å². The highest BCUT2D eigenvalue weighted by molar-refractivity contribution is 6.30. The summed E-state index contributed by atoms with van der Waals surface area (Å²) in [6, 6.07) is 17.2. The summed E-state index contributed by atoms with van der Waals surface area (Å²) in [5.74, 6) is 0.935. The molecule has 31 heavy (non-hydrogen) atoms. The number of rotatable bonds is 7. The van der Waals surface area contributed by atoms with Crippen LogP contribution in [-0.2, 0) is 6.42 Å². The van der Waals surface area contributed by atoms with Gasteiger partial charge in [-0.1, -0.05) is 43.5 Å². The van der Waals surface area contributed by atoms with Crippen molar-refractivity contribution in [2.75, 3.05) is 16.8 Å². The number of aromatic nitrogens is 3. The van der Waals surface area contributed by atoms with Crippen molar-refractivity contribution >= 4 is 45.6 Å². The minimum absolute atomic E-state index is 0.268. The largest absolute Gasteiger partial charge is 0.398 e. The van der Waals surface area contributed by atoms with Crippen LogP contribution in [0.2, 0.25) is 5.02 Å². The summed E-state index contributed by atoms with van der Waals surface area (Å²) in [4.78, 5) is 13.4. The van der Waals surface area contributed by atoms with Gasteiger partial charge in [-0.05, 0) is 49.2 Å². The fraction of sp³-hybridized carbons (Fsp3) is 0.208. The number of nitrogens with zero attached hydrogens (tertiary/aromatic N) is 3. The Balaban J connectivity index is 1.61. The summed E-state index contributed by atoms with van der Waals surface area (Å²) < 4.78 is 0. The van der Waals surface area contributed by atoms with E-state index >= 15 is 0 Å². The van der Waals surface area contributed by atoms with Gasteiger partial charge < -0.3 is 16.8 Å². The molecular weight excluding hydrogens is 408 g/mol. The van der Waals surface area contributed by atoms with Gasteiger partial charge in [0.15, 0.2) is 0 Å². The molecule has 0 unspecified atom stereocenters. The number of nitrogens with one attached hydrogen (secondary N) is 1. The number of hydrogen-bond acceptors (Lipinski definition) is 6. The molecule has 0 aliphatic carbocycles. The van der Waals surface area contributed by atoms with Crippen LogP contribution in [0.4, 0.5) is 23.1 Å². The van der Waals surface area contributed by atoms with Crippen molar-refractivity contribution in [2.24, 2.45) is 0 Å². The summed E-state index contributed by atoms with van der Waals surface area (Å²) in [7, 11) is 0. The van der Waals surface area contributed by atoms with Crippen molar-refractivity contribution in [3.05, 3.63) is 65.3 Å². The van der Waals surface area contributed by atoms with E-state index in [0.717, 1.165) is 52.8 Å². The van der Waals surface area contributed by atoms with E-state index in [2.05, 4.69) is 22.2 Å². The van der Waals surface area contributed by atoms with E-state index in [1.807, 2.05) is 54.6 Å². The molecule has 0 amide bonds. The van der Waals surface area contributed by atoms with E-state index in [9.17, 15) is 0 Å². The van der Waals surface area contributed by atoms with E-state index < -0.39 is 0 Å². The van der Waals surface area contributed by atoms with Gasteiger partial charge in [-0.15, -0.1) is 0 Å². The number of nitrogen functional groups attached to an aromatic ring is 2. The molecule has 0 atom stereocenters. The lowest BCUT2D eigenvalue weighted by molar-refractivity contribution is 0.707. The van der Waals surface area contributed by atoms with Crippen LogP contribution < -0.4 is 16.8 Å². The molecule has 0 saturated heterocycles. The van der Waals surface area contributed by atoms with Crippen molar-refractivity contribution in [2.45, 2.75) is 32.6 Å². The maximum atomic E-state index is 6.36. The molecule has 158 valence electrons. The lowest BCUT2D eigenvalue weighted by Crippen LogP contribution is -2.03. The zero-order valence-corrected chi connectivity index (χ0v) is 18.2. The Kier molecular flexibility index (Phi) is 6.18. The fourth-order valence-corrected chi connectivity index (χ4v) is 3.73. The number of aryl methyl sites for hydroxylation is 1. The van der Waals surface area contributed by atoms with Crippen molar-refractivity contribution in [3.63, 3.8) is 0 Å². The van der Waals surface area contributed by atoms with Crippen LogP contribution >= 0.6 is 11.6 Å². The van der Waals surface area contributed by atoms with Gasteiger partial charge in [-0.25, -0.2) is 9.97 Å². The second kappa shape index (κ2) is 9.18. The van der Waals surface area contributed by atoms with Gasteiger partial charge in [0, 0.05) is 39.1 Å². The number of anilines is 4. The van der Waals surface area contributed by atoms with Gasteiger partial charge in [0.2, 0.25) is 5.95 Å². The maximum Gasteiger partial charge on any atom is 0.222 e. The summed E-state index contributed by atoms with van der Waals surface area (Å²) in [6.45, 7) is 2.18.